The van der Waals surface area contributed by atoms with E-state index in [0.29, 0.717) is 12.5 Å². The quantitative estimate of drug-likeness (QED) is 0.411. The molecule has 0 bridgehead atoms. The van der Waals surface area contributed by atoms with Crippen molar-refractivity contribution in [2.45, 2.75) is 24.9 Å². The summed E-state index contributed by atoms with van der Waals surface area (Å²) in [6.07, 6.45) is 0.913. The van der Waals surface area contributed by atoms with Gasteiger partial charge < -0.3 is 15.4 Å². The van der Waals surface area contributed by atoms with Crippen LogP contribution >= 0.6 is 24.0 Å². The van der Waals surface area contributed by atoms with Gasteiger partial charge in [0.2, 0.25) is 0 Å². The summed E-state index contributed by atoms with van der Waals surface area (Å²) in [5.74, 6) is 1.63. The normalized spacial score (nSPS) is 18.9. The van der Waals surface area contributed by atoms with Crippen LogP contribution in [0.4, 0.5) is 4.39 Å². The minimum absolute atomic E-state index is 0. The second kappa shape index (κ2) is 9.03. The molecule has 0 spiro atoms. The van der Waals surface area contributed by atoms with E-state index in [0.717, 1.165) is 23.3 Å². The second-order valence-electron chi connectivity index (χ2n) is 5.85. The van der Waals surface area contributed by atoms with E-state index in [9.17, 15) is 4.39 Å². The largest absolute Gasteiger partial charge is 0.496 e. The Morgan fingerprint density at radius 3 is 2.64 bits per heavy atom. The van der Waals surface area contributed by atoms with Gasteiger partial charge >= 0.3 is 0 Å². The molecule has 2 unspecified atom stereocenters. The number of nitrogens with zero attached hydrogens (tertiary/aromatic N) is 1. The molecule has 1 saturated carbocycles. The predicted molar refractivity (Wildman–Crippen MR) is 109 cm³/mol. The van der Waals surface area contributed by atoms with Gasteiger partial charge in [-0.25, -0.2) is 4.39 Å². The molecule has 0 aliphatic heterocycles. The van der Waals surface area contributed by atoms with Crippen molar-refractivity contribution >= 4 is 29.9 Å². The second-order valence-corrected chi connectivity index (χ2v) is 5.85. The van der Waals surface area contributed by atoms with Crippen LogP contribution in [0.3, 0.4) is 0 Å². The van der Waals surface area contributed by atoms with Crippen LogP contribution in [0.15, 0.2) is 53.5 Å². The molecule has 2 aromatic rings. The number of benzene rings is 2. The van der Waals surface area contributed by atoms with Crippen molar-refractivity contribution in [3.8, 4) is 5.75 Å². The van der Waals surface area contributed by atoms with Crippen molar-refractivity contribution < 1.29 is 9.13 Å². The highest BCUT2D eigenvalue weighted by atomic mass is 127. The minimum Gasteiger partial charge on any atom is -0.496 e. The number of halogens is 2. The van der Waals surface area contributed by atoms with E-state index < -0.39 is 0 Å². The van der Waals surface area contributed by atoms with Crippen LogP contribution in [-0.2, 0) is 6.54 Å². The van der Waals surface area contributed by atoms with Crippen LogP contribution in [0.1, 0.15) is 23.5 Å². The molecular weight excluding hydrogens is 432 g/mol. The number of aliphatic imine (C=N–C) groups is 1. The van der Waals surface area contributed by atoms with Crippen molar-refractivity contribution in [2.24, 2.45) is 4.99 Å². The molecule has 0 aromatic heterocycles. The van der Waals surface area contributed by atoms with E-state index in [4.69, 9.17) is 4.74 Å². The molecule has 4 nitrogen and oxygen atoms in total. The van der Waals surface area contributed by atoms with E-state index in [-0.39, 0.29) is 41.8 Å². The Bertz CT molecular complexity index is 738. The molecule has 6 heteroatoms. The number of ether oxygens (including phenoxy) is 1. The van der Waals surface area contributed by atoms with E-state index in [1.807, 2.05) is 36.4 Å². The maximum Gasteiger partial charge on any atom is 0.191 e. The van der Waals surface area contributed by atoms with Gasteiger partial charge in [0.25, 0.3) is 0 Å². The van der Waals surface area contributed by atoms with Crippen LogP contribution in [0.2, 0.25) is 0 Å². The van der Waals surface area contributed by atoms with E-state index in [1.54, 1.807) is 20.2 Å². The Morgan fingerprint density at radius 1 is 1.20 bits per heavy atom. The monoisotopic (exact) mass is 455 g/mol. The van der Waals surface area contributed by atoms with Crippen molar-refractivity contribution in [1.29, 1.82) is 0 Å². The van der Waals surface area contributed by atoms with Gasteiger partial charge in [0.05, 0.1) is 7.11 Å². The van der Waals surface area contributed by atoms with E-state index in [2.05, 4.69) is 15.6 Å². The molecule has 0 saturated heterocycles. The lowest BCUT2D eigenvalue weighted by atomic mass is 10.1. The fourth-order valence-electron chi connectivity index (χ4n) is 2.87. The maximum absolute atomic E-state index is 13.8. The number of para-hydroxylation sites is 1. The average molecular weight is 455 g/mol. The average Bonchev–Trinajstić information content (AvgIpc) is 3.38. The molecule has 2 atom stereocenters. The van der Waals surface area contributed by atoms with Crippen molar-refractivity contribution in [3.63, 3.8) is 0 Å². The Balaban J connectivity index is 0.00000225. The van der Waals surface area contributed by atoms with Crippen LogP contribution in [0, 0.1) is 5.82 Å². The summed E-state index contributed by atoms with van der Waals surface area (Å²) in [5.41, 5.74) is 1.83. The number of guanidine groups is 1. The standard InChI is InChI=1S/C19H22FN3O.HI/c1-21-19(22-12-13-7-3-6-10-18(13)24-2)23-17-11-15(17)14-8-4-5-9-16(14)20;/h3-10,15,17H,11-12H2,1-2H3,(H2,21,22,23);1H. The Morgan fingerprint density at radius 2 is 1.92 bits per heavy atom. The first kappa shape index (κ1) is 19.5. The van der Waals surface area contributed by atoms with Crippen LogP contribution in [0.5, 0.6) is 5.75 Å². The van der Waals surface area contributed by atoms with Crippen LogP contribution in [0.25, 0.3) is 0 Å². The third-order valence-corrected chi connectivity index (χ3v) is 4.28. The van der Waals surface area contributed by atoms with Crippen LogP contribution < -0.4 is 15.4 Å². The lowest BCUT2D eigenvalue weighted by Crippen LogP contribution is -2.38. The number of nitrogens with one attached hydrogen (secondary N) is 2. The lowest BCUT2D eigenvalue weighted by Gasteiger charge is -2.14. The highest BCUT2D eigenvalue weighted by Crippen LogP contribution is 2.41. The van der Waals surface area contributed by atoms with Gasteiger partial charge in [0.1, 0.15) is 11.6 Å². The molecular formula is C19H23FIN3O. The summed E-state index contributed by atoms with van der Waals surface area (Å²) < 4.78 is 19.2. The summed E-state index contributed by atoms with van der Waals surface area (Å²) in [6.45, 7) is 0.612. The molecule has 2 aromatic carbocycles. The zero-order valence-electron chi connectivity index (χ0n) is 14.3. The number of hydrogen-bond donors (Lipinski definition) is 2. The molecule has 0 radical (unpaired) electrons. The van der Waals surface area contributed by atoms with Crippen LogP contribution in [-0.4, -0.2) is 26.2 Å². The van der Waals surface area contributed by atoms with E-state index >= 15 is 0 Å². The minimum atomic E-state index is -0.135. The van der Waals surface area contributed by atoms with E-state index in [1.165, 1.54) is 6.07 Å². The number of rotatable bonds is 5. The topological polar surface area (TPSA) is 45.7 Å². The summed E-state index contributed by atoms with van der Waals surface area (Å²) in [6, 6.07) is 15.0. The first-order valence-corrected chi connectivity index (χ1v) is 8.06. The van der Waals surface area contributed by atoms with Gasteiger partial charge in [-0.1, -0.05) is 36.4 Å². The Labute approximate surface area is 164 Å². The molecule has 0 amide bonds. The summed E-state index contributed by atoms with van der Waals surface area (Å²) in [4.78, 5) is 4.25. The number of hydrogen-bond acceptors (Lipinski definition) is 2. The van der Waals surface area contributed by atoms with Gasteiger partial charge in [0, 0.05) is 31.1 Å². The first-order chi connectivity index (χ1) is 11.7. The zero-order chi connectivity index (χ0) is 16.9. The predicted octanol–water partition coefficient (Wildman–Crippen LogP) is 3.67. The third-order valence-electron chi connectivity index (χ3n) is 4.28. The summed E-state index contributed by atoms with van der Waals surface area (Å²) >= 11 is 0. The van der Waals surface area contributed by atoms with Gasteiger partial charge in [-0.2, -0.15) is 0 Å². The summed E-state index contributed by atoms with van der Waals surface area (Å²) in [5, 5.41) is 6.64. The molecule has 1 fully saturated rings. The highest BCUT2D eigenvalue weighted by molar-refractivity contribution is 14.0. The van der Waals surface area contributed by atoms with Gasteiger partial charge in [-0.15, -0.1) is 24.0 Å². The maximum atomic E-state index is 13.8. The third kappa shape index (κ3) is 4.84. The zero-order valence-corrected chi connectivity index (χ0v) is 16.7. The first-order valence-electron chi connectivity index (χ1n) is 8.06. The molecule has 3 rings (SSSR count). The van der Waals surface area contributed by atoms with Gasteiger partial charge in [-0.3, -0.25) is 4.99 Å². The van der Waals surface area contributed by atoms with Gasteiger partial charge in [-0.05, 0) is 24.1 Å². The Kier molecular flexibility index (Phi) is 7.04. The molecule has 0 heterocycles. The fraction of sp³-hybridized carbons (Fsp3) is 0.316. The molecule has 1 aliphatic carbocycles. The highest BCUT2D eigenvalue weighted by Gasteiger charge is 2.40. The van der Waals surface area contributed by atoms with Crippen molar-refractivity contribution in [3.05, 3.63) is 65.5 Å². The number of methoxy groups -OCH3 is 1. The molecule has 1 aliphatic rings. The fourth-order valence-corrected chi connectivity index (χ4v) is 2.87. The molecule has 2 N–H and O–H groups in total. The Hall–Kier alpha value is -1.83. The molecule has 134 valence electrons. The summed E-state index contributed by atoms with van der Waals surface area (Å²) in [7, 11) is 3.40. The SMILES string of the molecule is CN=C(NCc1ccccc1OC)NC1CC1c1ccccc1F.I. The van der Waals surface area contributed by atoms with Crippen molar-refractivity contribution in [1.82, 2.24) is 10.6 Å². The smallest absolute Gasteiger partial charge is 0.191 e. The van der Waals surface area contributed by atoms with Gasteiger partial charge in [0.15, 0.2) is 5.96 Å². The lowest BCUT2D eigenvalue weighted by molar-refractivity contribution is 0.409. The van der Waals surface area contributed by atoms with Crippen molar-refractivity contribution in [2.75, 3.05) is 14.2 Å². The molecule has 25 heavy (non-hydrogen) atoms.